The Morgan fingerprint density at radius 3 is 2.00 bits per heavy atom. The molecule has 0 heterocycles. The van der Waals surface area contributed by atoms with E-state index < -0.39 is 5.97 Å². The minimum Gasteiger partial charge on any atom is -0.478 e. The zero-order valence-corrected chi connectivity index (χ0v) is 7.37. The van der Waals surface area contributed by atoms with Gasteiger partial charge in [-0.25, -0.2) is 4.79 Å². The fourth-order valence-electron chi connectivity index (χ4n) is 0.428. The molecule has 0 amide bonds. The second-order valence-corrected chi connectivity index (χ2v) is 2.39. The van der Waals surface area contributed by atoms with E-state index in [1.165, 1.54) is 0 Å². The highest BCUT2D eigenvalue weighted by Crippen LogP contribution is 2.00. The van der Waals surface area contributed by atoms with Gasteiger partial charge >= 0.3 is 5.97 Å². The predicted molar refractivity (Wildman–Crippen MR) is 51.5 cm³/mol. The third kappa shape index (κ3) is 6.89. The van der Waals surface area contributed by atoms with Gasteiger partial charge in [0, 0.05) is 11.0 Å². The van der Waals surface area contributed by atoms with Gasteiger partial charge in [0.15, 0.2) is 0 Å². The fraction of sp³-hybridized carbons (Fsp3) is 0. The van der Waals surface area contributed by atoms with Gasteiger partial charge in [0.25, 0.3) is 0 Å². The SMILES string of the molecule is C=CC(=O)O.Sc1ccccc1. The second-order valence-electron chi connectivity index (χ2n) is 1.88. The van der Waals surface area contributed by atoms with Crippen LogP contribution in [0.4, 0.5) is 0 Å². The van der Waals surface area contributed by atoms with Crippen LogP contribution >= 0.6 is 12.6 Å². The van der Waals surface area contributed by atoms with E-state index in [9.17, 15) is 4.79 Å². The lowest BCUT2D eigenvalue weighted by molar-refractivity contribution is -0.131. The van der Waals surface area contributed by atoms with Crippen molar-refractivity contribution >= 4 is 18.6 Å². The monoisotopic (exact) mass is 182 g/mol. The van der Waals surface area contributed by atoms with Gasteiger partial charge in [-0.05, 0) is 12.1 Å². The normalized spacial score (nSPS) is 7.75. The van der Waals surface area contributed by atoms with E-state index in [0.29, 0.717) is 0 Å². The molecule has 0 radical (unpaired) electrons. The highest BCUT2D eigenvalue weighted by molar-refractivity contribution is 7.80. The van der Waals surface area contributed by atoms with Crippen LogP contribution in [0.5, 0.6) is 0 Å². The number of aliphatic carboxylic acids is 1. The number of thiol groups is 1. The van der Waals surface area contributed by atoms with E-state index in [1.54, 1.807) is 0 Å². The minimum absolute atomic E-state index is 0.833. The van der Waals surface area contributed by atoms with Gasteiger partial charge in [-0.1, -0.05) is 24.8 Å². The van der Waals surface area contributed by atoms with Crippen molar-refractivity contribution in [1.82, 2.24) is 0 Å². The van der Waals surface area contributed by atoms with Crippen molar-refractivity contribution in [2.75, 3.05) is 0 Å². The summed E-state index contributed by atoms with van der Waals surface area (Å²) in [6.07, 6.45) is 0.833. The second kappa shape index (κ2) is 6.49. The van der Waals surface area contributed by atoms with Crippen LogP contribution in [0.2, 0.25) is 0 Å². The lowest BCUT2D eigenvalue weighted by atomic mass is 10.4. The maximum atomic E-state index is 9.25. The minimum atomic E-state index is -0.981. The molecule has 1 N–H and O–H groups in total. The Morgan fingerprint density at radius 2 is 1.83 bits per heavy atom. The molecular weight excluding hydrogens is 172 g/mol. The Balaban J connectivity index is 0.000000217. The van der Waals surface area contributed by atoms with Crippen LogP contribution in [0, 0.1) is 0 Å². The average molecular weight is 182 g/mol. The van der Waals surface area contributed by atoms with Crippen LogP contribution in [0.1, 0.15) is 0 Å². The topological polar surface area (TPSA) is 37.3 Å². The number of carboxylic acids is 1. The van der Waals surface area contributed by atoms with Crippen molar-refractivity contribution in [3.63, 3.8) is 0 Å². The Kier molecular flexibility index (Phi) is 5.83. The van der Waals surface area contributed by atoms with E-state index in [0.717, 1.165) is 11.0 Å². The van der Waals surface area contributed by atoms with Gasteiger partial charge < -0.3 is 5.11 Å². The number of carboxylic acid groups (broad SMARTS) is 1. The summed E-state index contributed by atoms with van der Waals surface area (Å²) in [6, 6.07) is 9.79. The molecule has 0 aliphatic rings. The molecule has 0 aliphatic carbocycles. The smallest absolute Gasteiger partial charge is 0.327 e. The molecule has 1 aromatic rings. The highest BCUT2D eigenvalue weighted by Gasteiger charge is 1.73. The summed E-state index contributed by atoms with van der Waals surface area (Å²) in [7, 11) is 0. The third-order valence-corrected chi connectivity index (χ3v) is 1.23. The van der Waals surface area contributed by atoms with Gasteiger partial charge in [-0.15, -0.1) is 12.6 Å². The van der Waals surface area contributed by atoms with E-state index in [4.69, 9.17) is 5.11 Å². The van der Waals surface area contributed by atoms with E-state index >= 15 is 0 Å². The quantitative estimate of drug-likeness (QED) is 0.516. The van der Waals surface area contributed by atoms with E-state index in [-0.39, 0.29) is 0 Å². The molecule has 0 unspecified atom stereocenters. The number of hydrogen-bond donors (Lipinski definition) is 2. The molecular formula is C9H10O2S. The standard InChI is InChI=1S/C6H6S.C3H4O2/c7-6-4-2-1-3-5-6;1-2-3(4)5/h1-5,7H;2H,1H2,(H,4,5). The molecule has 0 saturated carbocycles. The molecule has 0 bridgehead atoms. The maximum Gasteiger partial charge on any atom is 0.327 e. The molecule has 0 aliphatic heterocycles. The molecule has 0 fully saturated rings. The molecule has 0 atom stereocenters. The Bertz CT molecular complexity index is 244. The van der Waals surface area contributed by atoms with Gasteiger partial charge in [0.1, 0.15) is 0 Å². The van der Waals surface area contributed by atoms with Crippen LogP contribution in [-0.4, -0.2) is 11.1 Å². The summed E-state index contributed by atoms with van der Waals surface area (Å²) in [4.78, 5) is 10.3. The first-order valence-electron chi connectivity index (χ1n) is 3.26. The molecule has 64 valence electrons. The third-order valence-electron chi connectivity index (χ3n) is 0.931. The number of benzene rings is 1. The van der Waals surface area contributed by atoms with Crippen LogP contribution in [0.25, 0.3) is 0 Å². The molecule has 0 saturated heterocycles. The Morgan fingerprint density at radius 1 is 1.42 bits per heavy atom. The summed E-state index contributed by atoms with van der Waals surface area (Å²) in [6.45, 7) is 2.96. The van der Waals surface area contributed by atoms with Crippen molar-refractivity contribution in [3.05, 3.63) is 43.0 Å². The van der Waals surface area contributed by atoms with Crippen LogP contribution in [0.3, 0.4) is 0 Å². The van der Waals surface area contributed by atoms with E-state index in [2.05, 4.69) is 19.2 Å². The Labute approximate surface area is 77.0 Å². The number of carbonyl (C=O) groups is 1. The van der Waals surface area contributed by atoms with Crippen molar-refractivity contribution < 1.29 is 9.90 Å². The van der Waals surface area contributed by atoms with Crippen molar-refractivity contribution in [2.24, 2.45) is 0 Å². The van der Waals surface area contributed by atoms with Crippen molar-refractivity contribution in [3.8, 4) is 0 Å². The predicted octanol–water partition coefficient (Wildman–Crippen LogP) is 2.23. The van der Waals surface area contributed by atoms with Crippen LogP contribution in [-0.2, 0) is 4.79 Å². The summed E-state index contributed by atoms with van der Waals surface area (Å²) < 4.78 is 0. The van der Waals surface area contributed by atoms with Crippen molar-refractivity contribution in [2.45, 2.75) is 4.90 Å². The molecule has 1 aromatic carbocycles. The zero-order chi connectivity index (χ0) is 9.40. The molecule has 2 nitrogen and oxygen atoms in total. The average Bonchev–Trinajstić information content (AvgIpc) is 2.07. The van der Waals surface area contributed by atoms with Gasteiger partial charge in [0.05, 0.1) is 0 Å². The molecule has 0 spiro atoms. The molecule has 1 rings (SSSR count). The summed E-state index contributed by atoms with van der Waals surface area (Å²) in [5.41, 5.74) is 0. The lowest BCUT2D eigenvalue weighted by Crippen LogP contribution is -1.82. The zero-order valence-electron chi connectivity index (χ0n) is 6.47. The van der Waals surface area contributed by atoms with Crippen molar-refractivity contribution in [1.29, 1.82) is 0 Å². The summed E-state index contributed by atoms with van der Waals surface area (Å²) in [5.74, 6) is -0.981. The first-order valence-corrected chi connectivity index (χ1v) is 3.71. The largest absolute Gasteiger partial charge is 0.478 e. The first-order chi connectivity index (χ1) is 5.66. The maximum absolute atomic E-state index is 9.25. The van der Waals surface area contributed by atoms with Gasteiger partial charge in [-0.3, -0.25) is 0 Å². The summed E-state index contributed by atoms with van der Waals surface area (Å²) >= 11 is 4.08. The highest BCUT2D eigenvalue weighted by atomic mass is 32.1. The molecule has 12 heavy (non-hydrogen) atoms. The fourth-order valence-corrected chi connectivity index (χ4v) is 0.600. The van der Waals surface area contributed by atoms with Crippen LogP contribution in [0.15, 0.2) is 47.9 Å². The van der Waals surface area contributed by atoms with Crippen LogP contribution < -0.4 is 0 Å². The lowest BCUT2D eigenvalue weighted by Gasteiger charge is -1.81. The van der Waals surface area contributed by atoms with Gasteiger partial charge in [-0.2, -0.15) is 0 Å². The van der Waals surface area contributed by atoms with E-state index in [1.807, 2.05) is 30.3 Å². The molecule has 0 aromatic heterocycles. The first kappa shape index (κ1) is 10.8. The Hall–Kier alpha value is -1.22. The number of rotatable bonds is 1. The number of hydrogen-bond acceptors (Lipinski definition) is 2. The van der Waals surface area contributed by atoms with Gasteiger partial charge in [0.2, 0.25) is 0 Å². The summed E-state index contributed by atoms with van der Waals surface area (Å²) in [5, 5.41) is 7.60. The molecule has 3 heteroatoms.